The van der Waals surface area contributed by atoms with Crippen molar-refractivity contribution in [3.05, 3.63) is 53.6 Å². The van der Waals surface area contributed by atoms with E-state index in [-0.39, 0.29) is 5.91 Å². The normalized spacial score (nSPS) is 10.2. The summed E-state index contributed by atoms with van der Waals surface area (Å²) >= 11 is 0. The molecule has 0 radical (unpaired) electrons. The van der Waals surface area contributed by atoms with E-state index < -0.39 is 12.6 Å². The van der Waals surface area contributed by atoms with Crippen LogP contribution in [0.5, 0.6) is 11.5 Å². The van der Waals surface area contributed by atoms with Crippen molar-refractivity contribution in [1.29, 1.82) is 0 Å². The van der Waals surface area contributed by atoms with Gasteiger partial charge < -0.3 is 19.9 Å². The van der Waals surface area contributed by atoms with Gasteiger partial charge in [0.05, 0.1) is 6.61 Å². The maximum atomic E-state index is 12.4. The molecule has 0 aliphatic rings. The smallest absolute Gasteiger partial charge is 0.341 e. The summed E-state index contributed by atoms with van der Waals surface area (Å²) in [5.74, 6) is -0.0860. The highest BCUT2D eigenvalue weighted by Crippen LogP contribution is 2.22. The van der Waals surface area contributed by atoms with E-state index in [4.69, 9.17) is 14.6 Å². The average molecular weight is 357 g/mol. The number of carboxylic acid groups (broad SMARTS) is 1. The third-order valence-corrected chi connectivity index (χ3v) is 3.69. The first-order valence-electron chi connectivity index (χ1n) is 8.49. The third kappa shape index (κ3) is 5.81. The molecular weight excluding hydrogens is 334 g/mol. The first kappa shape index (κ1) is 19.3. The van der Waals surface area contributed by atoms with Crippen LogP contribution in [0.15, 0.2) is 42.5 Å². The van der Waals surface area contributed by atoms with Gasteiger partial charge in [0, 0.05) is 11.3 Å². The number of ether oxygens (including phenoxy) is 2. The molecule has 138 valence electrons. The minimum atomic E-state index is -1.04. The SMILES string of the molecule is CCCCOc1ccc(C(=O)Nc2ccc(OCC(=O)O)cc2C)cc1. The summed E-state index contributed by atoms with van der Waals surface area (Å²) in [4.78, 5) is 22.9. The molecule has 0 aliphatic heterocycles. The number of carbonyl (C=O) groups is 2. The Morgan fingerprint density at radius 2 is 1.73 bits per heavy atom. The number of anilines is 1. The molecule has 0 bridgehead atoms. The fraction of sp³-hybridized carbons (Fsp3) is 0.300. The minimum absolute atomic E-state index is 0.229. The largest absolute Gasteiger partial charge is 0.494 e. The van der Waals surface area contributed by atoms with Crippen LogP contribution in [0.25, 0.3) is 0 Å². The van der Waals surface area contributed by atoms with Crippen molar-refractivity contribution in [2.24, 2.45) is 0 Å². The van der Waals surface area contributed by atoms with Gasteiger partial charge in [0.1, 0.15) is 11.5 Å². The van der Waals surface area contributed by atoms with E-state index in [2.05, 4.69) is 12.2 Å². The number of aliphatic carboxylic acids is 1. The standard InChI is InChI=1S/C20H23NO5/c1-3-4-11-25-16-7-5-15(6-8-16)20(24)21-18-10-9-17(12-14(18)2)26-13-19(22)23/h5-10,12H,3-4,11,13H2,1-2H3,(H,21,24)(H,22,23). The topological polar surface area (TPSA) is 84.9 Å². The predicted octanol–water partition coefficient (Wildman–Crippen LogP) is 3.89. The minimum Gasteiger partial charge on any atom is -0.494 e. The molecule has 26 heavy (non-hydrogen) atoms. The molecule has 2 rings (SSSR count). The Labute approximate surface area is 152 Å². The molecule has 0 atom stereocenters. The van der Waals surface area contributed by atoms with Gasteiger partial charge in [-0.3, -0.25) is 4.79 Å². The van der Waals surface area contributed by atoms with Crippen LogP contribution in [0.3, 0.4) is 0 Å². The Kier molecular flexibility index (Phi) is 7.02. The summed E-state index contributed by atoms with van der Waals surface area (Å²) in [6.07, 6.45) is 2.06. The summed E-state index contributed by atoms with van der Waals surface area (Å²) in [6, 6.07) is 12.0. The molecular formula is C20H23NO5. The zero-order valence-electron chi connectivity index (χ0n) is 15.0. The molecule has 0 spiro atoms. The van der Waals surface area contributed by atoms with Crippen LogP contribution in [0, 0.1) is 6.92 Å². The van der Waals surface area contributed by atoms with Crippen molar-refractivity contribution in [2.45, 2.75) is 26.7 Å². The summed E-state index contributed by atoms with van der Waals surface area (Å²) < 4.78 is 10.7. The number of hydrogen-bond acceptors (Lipinski definition) is 4. The molecule has 0 saturated heterocycles. The van der Waals surface area contributed by atoms with Gasteiger partial charge in [0.2, 0.25) is 0 Å². The fourth-order valence-corrected chi connectivity index (χ4v) is 2.24. The van der Waals surface area contributed by atoms with E-state index in [1.165, 1.54) is 0 Å². The molecule has 6 nitrogen and oxygen atoms in total. The zero-order valence-corrected chi connectivity index (χ0v) is 15.0. The number of rotatable bonds is 9. The molecule has 1 amide bonds. The van der Waals surface area contributed by atoms with E-state index in [1.54, 1.807) is 42.5 Å². The van der Waals surface area contributed by atoms with Crippen molar-refractivity contribution in [2.75, 3.05) is 18.5 Å². The third-order valence-electron chi connectivity index (χ3n) is 3.69. The highest BCUT2D eigenvalue weighted by Gasteiger charge is 2.09. The Morgan fingerprint density at radius 1 is 1.04 bits per heavy atom. The second-order valence-electron chi connectivity index (χ2n) is 5.84. The van der Waals surface area contributed by atoms with E-state index in [1.807, 2.05) is 6.92 Å². The van der Waals surface area contributed by atoms with Gasteiger partial charge in [-0.1, -0.05) is 13.3 Å². The van der Waals surface area contributed by atoms with Crippen LogP contribution in [-0.2, 0) is 4.79 Å². The molecule has 0 aliphatic carbocycles. The Balaban J connectivity index is 1.97. The van der Waals surface area contributed by atoms with Crippen LogP contribution in [-0.4, -0.2) is 30.2 Å². The molecule has 0 heterocycles. The van der Waals surface area contributed by atoms with E-state index in [0.29, 0.717) is 23.6 Å². The summed E-state index contributed by atoms with van der Waals surface area (Å²) in [5, 5.41) is 11.5. The monoisotopic (exact) mass is 357 g/mol. The summed E-state index contributed by atoms with van der Waals surface area (Å²) in [7, 11) is 0. The van der Waals surface area contributed by atoms with Gasteiger partial charge >= 0.3 is 5.97 Å². The van der Waals surface area contributed by atoms with Gasteiger partial charge in [-0.05, 0) is 61.4 Å². The van der Waals surface area contributed by atoms with Crippen LogP contribution < -0.4 is 14.8 Å². The van der Waals surface area contributed by atoms with Gasteiger partial charge in [-0.2, -0.15) is 0 Å². The van der Waals surface area contributed by atoms with Crippen LogP contribution >= 0.6 is 0 Å². The van der Waals surface area contributed by atoms with Gasteiger partial charge in [0.25, 0.3) is 5.91 Å². The molecule has 0 saturated carbocycles. The first-order valence-corrected chi connectivity index (χ1v) is 8.49. The average Bonchev–Trinajstić information content (AvgIpc) is 2.62. The van der Waals surface area contributed by atoms with Crippen molar-refractivity contribution in [3.8, 4) is 11.5 Å². The van der Waals surface area contributed by atoms with E-state index in [9.17, 15) is 9.59 Å². The van der Waals surface area contributed by atoms with Crippen molar-refractivity contribution >= 4 is 17.6 Å². The number of carbonyl (C=O) groups excluding carboxylic acids is 1. The Hall–Kier alpha value is -3.02. The molecule has 6 heteroatoms. The number of amides is 1. The second-order valence-corrected chi connectivity index (χ2v) is 5.84. The molecule has 0 fully saturated rings. The number of nitrogens with one attached hydrogen (secondary N) is 1. The lowest BCUT2D eigenvalue weighted by molar-refractivity contribution is -0.139. The lowest BCUT2D eigenvalue weighted by atomic mass is 10.1. The van der Waals surface area contributed by atoms with Gasteiger partial charge in [-0.15, -0.1) is 0 Å². The molecule has 0 unspecified atom stereocenters. The van der Waals surface area contributed by atoms with Crippen molar-refractivity contribution < 1.29 is 24.2 Å². The number of hydrogen-bond donors (Lipinski definition) is 2. The highest BCUT2D eigenvalue weighted by molar-refractivity contribution is 6.04. The highest BCUT2D eigenvalue weighted by atomic mass is 16.5. The summed E-state index contributed by atoms with van der Waals surface area (Å²) in [6.45, 7) is 4.17. The molecule has 2 N–H and O–H groups in total. The maximum absolute atomic E-state index is 12.4. The van der Waals surface area contributed by atoms with Gasteiger partial charge in [-0.25, -0.2) is 4.79 Å². The lowest BCUT2D eigenvalue weighted by Crippen LogP contribution is -2.13. The zero-order chi connectivity index (χ0) is 18.9. The van der Waals surface area contributed by atoms with Crippen molar-refractivity contribution in [3.63, 3.8) is 0 Å². The van der Waals surface area contributed by atoms with E-state index in [0.717, 1.165) is 24.2 Å². The fourth-order valence-electron chi connectivity index (χ4n) is 2.24. The number of aryl methyl sites for hydroxylation is 1. The van der Waals surface area contributed by atoms with Crippen LogP contribution in [0.2, 0.25) is 0 Å². The van der Waals surface area contributed by atoms with Crippen molar-refractivity contribution in [1.82, 2.24) is 0 Å². The van der Waals surface area contributed by atoms with Crippen LogP contribution in [0.1, 0.15) is 35.7 Å². The Morgan fingerprint density at radius 3 is 2.35 bits per heavy atom. The quantitative estimate of drug-likeness (QED) is 0.665. The lowest BCUT2D eigenvalue weighted by Gasteiger charge is -2.11. The molecule has 2 aromatic carbocycles. The van der Waals surface area contributed by atoms with Crippen LogP contribution in [0.4, 0.5) is 5.69 Å². The first-order chi connectivity index (χ1) is 12.5. The summed E-state index contributed by atoms with van der Waals surface area (Å²) in [5.41, 5.74) is 1.94. The second kappa shape index (κ2) is 9.46. The van der Waals surface area contributed by atoms with E-state index >= 15 is 0 Å². The maximum Gasteiger partial charge on any atom is 0.341 e. The number of benzene rings is 2. The van der Waals surface area contributed by atoms with Gasteiger partial charge in [0.15, 0.2) is 6.61 Å². The number of carboxylic acids is 1. The Bertz CT molecular complexity index is 755. The molecule has 2 aromatic rings. The number of unbranched alkanes of at least 4 members (excludes halogenated alkanes) is 1. The molecule has 0 aromatic heterocycles. The predicted molar refractivity (Wildman–Crippen MR) is 99.1 cm³/mol.